The number of ether oxygens (including phenoxy) is 2. The third-order valence-corrected chi connectivity index (χ3v) is 14.1. The second-order valence-electron chi connectivity index (χ2n) is 17.3. The van der Waals surface area contributed by atoms with E-state index in [1.807, 2.05) is 6.08 Å². The number of aryl methyl sites for hydroxylation is 1. The molecule has 18 heteroatoms. The van der Waals surface area contributed by atoms with E-state index in [9.17, 15) is 40.8 Å². The minimum absolute atomic E-state index is 0.0591. The number of sulfonamides is 1. The maximum Gasteiger partial charge on any atom is 0.437 e. The van der Waals surface area contributed by atoms with Crippen molar-refractivity contribution in [3.63, 3.8) is 0 Å². The van der Waals surface area contributed by atoms with E-state index >= 15 is 0 Å². The number of carbonyl (C=O) groups excluding carboxylic acids is 4. The molecule has 0 unspecified atom stereocenters. The Balaban J connectivity index is 1.27. The molecular formula is C39H47ClF3N5O8S. The first-order valence-electron chi connectivity index (χ1n) is 19.3. The number of hydrogen-bond donors (Lipinski definition) is 3. The van der Waals surface area contributed by atoms with Crippen LogP contribution in [0.2, 0.25) is 5.02 Å². The maximum absolute atomic E-state index is 14.7. The Morgan fingerprint density at radius 1 is 1.09 bits per heavy atom. The quantitative estimate of drug-likeness (QED) is 0.319. The van der Waals surface area contributed by atoms with Gasteiger partial charge in [-0.05, 0) is 97.3 Å². The third kappa shape index (κ3) is 8.15. The standard InChI is InChI=1S/C39H47ClF3N5O8S/c1-35(2,3)56-34(52)45-27-11-9-7-5-6-8-10-22-19-38(22,33(51)47-57(53,54)36(4)16-17-36)46-31(49)28-20-37(21-48(28)32(27)50)15-14-24-25-18-23(40)12-13-26(25)44-30(29(24)55-37)39(41,42)43/h8,10,12-13,18,22,27-28H,5-7,9,11,14-17,19-21H2,1-4H3,(H,45,52)(H,46,49)(H,47,51)/b10-8-/t22-,27+,28+,37-,38-/m1/s1. The number of hydrogen-bond acceptors (Lipinski definition) is 9. The van der Waals surface area contributed by atoms with Crippen molar-refractivity contribution >= 4 is 56.3 Å². The molecule has 3 aliphatic heterocycles. The SMILES string of the molecule is CC(C)(C)OC(=O)N[C@H]1CCCCC/C=C\[C@@H]2C[C@@]2(C(=O)NS(=O)(=O)C2(C)CC2)NC(=O)[C@@H]2C[C@]3(CCc4c(c(C(F)(F)F)nc5ccc(Cl)cc45)O3)CN2C1=O. The average Bonchev–Trinajstić information content (AvgIpc) is 4.00. The first-order chi connectivity index (χ1) is 26.6. The number of carbonyl (C=O) groups is 4. The molecule has 2 aromatic rings. The van der Waals surface area contributed by atoms with Gasteiger partial charge in [0, 0.05) is 28.3 Å². The van der Waals surface area contributed by atoms with Gasteiger partial charge in [-0.1, -0.05) is 36.6 Å². The van der Waals surface area contributed by atoms with Crippen molar-refractivity contribution < 1.29 is 50.2 Å². The molecule has 0 radical (unpaired) electrons. The first-order valence-corrected chi connectivity index (χ1v) is 21.2. The summed E-state index contributed by atoms with van der Waals surface area (Å²) in [6.07, 6.45) is 1.20. The summed E-state index contributed by atoms with van der Waals surface area (Å²) in [4.78, 5) is 61.3. The van der Waals surface area contributed by atoms with Gasteiger partial charge in [0.05, 0.1) is 16.8 Å². The minimum Gasteiger partial charge on any atom is -0.483 e. The van der Waals surface area contributed by atoms with E-state index in [1.165, 1.54) is 30.0 Å². The first kappa shape index (κ1) is 41.1. The van der Waals surface area contributed by atoms with Crippen LogP contribution in [0.1, 0.15) is 103 Å². The molecule has 4 heterocycles. The van der Waals surface area contributed by atoms with Crippen LogP contribution in [0, 0.1) is 5.92 Å². The number of rotatable bonds is 4. The molecule has 5 aliphatic rings. The minimum atomic E-state index is -4.93. The van der Waals surface area contributed by atoms with Gasteiger partial charge >= 0.3 is 12.3 Å². The second-order valence-corrected chi connectivity index (χ2v) is 20.0. The fourth-order valence-electron chi connectivity index (χ4n) is 8.14. The van der Waals surface area contributed by atoms with Crippen LogP contribution in [0.3, 0.4) is 0 Å². The topological polar surface area (TPSA) is 173 Å². The van der Waals surface area contributed by atoms with Crippen molar-refractivity contribution in [2.45, 2.75) is 138 Å². The van der Waals surface area contributed by atoms with E-state index < -0.39 is 90.9 Å². The van der Waals surface area contributed by atoms with Gasteiger partial charge in [0.25, 0.3) is 5.91 Å². The lowest BCUT2D eigenvalue weighted by Crippen LogP contribution is -2.58. The van der Waals surface area contributed by atoms with Crippen molar-refractivity contribution in [3.05, 3.63) is 46.6 Å². The van der Waals surface area contributed by atoms with Crippen LogP contribution >= 0.6 is 11.6 Å². The number of allylic oxidation sites excluding steroid dienone is 1. The lowest BCUT2D eigenvalue weighted by Gasteiger charge is -2.37. The molecule has 2 saturated carbocycles. The van der Waals surface area contributed by atoms with Crippen LogP contribution in [-0.2, 0) is 41.7 Å². The van der Waals surface area contributed by atoms with Crippen LogP contribution in [0.4, 0.5) is 18.0 Å². The van der Waals surface area contributed by atoms with Gasteiger partial charge in [-0.3, -0.25) is 19.1 Å². The molecule has 310 valence electrons. The van der Waals surface area contributed by atoms with Crippen molar-refractivity contribution in [1.29, 1.82) is 0 Å². The smallest absolute Gasteiger partial charge is 0.437 e. The highest BCUT2D eigenvalue weighted by Crippen LogP contribution is 2.50. The van der Waals surface area contributed by atoms with Crippen LogP contribution in [0.15, 0.2) is 30.4 Å². The summed E-state index contributed by atoms with van der Waals surface area (Å²) in [5.74, 6) is -3.50. The van der Waals surface area contributed by atoms with E-state index in [0.29, 0.717) is 43.9 Å². The summed E-state index contributed by atoms with van der Waals surface area (Å²) in [5, 5.41) is 6.10. The summed E-state index contributed by atoms with van der Waals surface area (Å²) in [6, 6.07) is 1.78. The highest BCUT2D eigenvalue weighted by molar-refractivity contribution is 7.91. The number of halogens is 4. The van der Waals surface area contributed by atoms with Crippen LogP contribution in [0.25, 0.3) is 10.9 Å². The Kier molecular flexibility index (Phi) is 10.3. The Bertz CT molecular complexity index is 2160. The lowest BCUT2D eigenvalue weighted by molar-refractivity contribution is -0.144. The predicted octanol–water partition coefficient (Wildman–Crippen LogP) is 5.86. The van der Waals surface area contributed by atoms with Gasteiger partial charge in [-0.25, -0.2) is 18.2 Å². The normalized spacial score (nSPS) is 29.4. The van der Waals surface area contributed by atoms with Crippen LogP contribution < -0.4 is 20.1 Å². The summed E-state index contributed by atoms with van der Waals surface area (Å²) in [6.45, 7) is 6.18. The van der Waals surface area contributed by atoms with Crippen molar-refractivity contribution in [3.8, 4) is 5.75 Å². The Hall–Kier alpha value is -4.12. The number of alkyl halides is 3. The van der Waals surface area contributed by atoms with E-state index in [-0.39, 0.29) is 54.8 Å². The van der Waals surface area contributed by atoms with Crippen LogP contribution in [-0.4, -0.2) is 82.2 Å². The number of amides is 4. The number of nitrogens with zero attached hydrogens (tertiary/aromatic N) is 2. The van der Waals surface area contributed by atoms with Gasteiger partial charge < -0.3 is 25.0 Å². The lowest BCUT2D eigenvalue weighted by atomic mass is 9.87. The zero-order chi connectivity index (χ0) is 41.3. The van der Waals surface area contributed by atoms with E-state index in [4.69, 9.17) is 21.1 Å². The van der Waals surface area contributed by atoms with E-state index in [2.05, 4.69) is 20.3 Å². The molecule has 1 saturated heterocycles. The van der Waals surface area contributed by atoms with Gasteiger partial charge in [0.15, 0.2) is 11.4 Å². The number of nitrogens with one attached hydrogen (secondary N) is 3. The number of fused-ring (bicyclic) bond motifs is 5. The monoisotopic (exact) mass is 837 g/mol. The highest BCUT2D eigenvalue weighted by atomic mass is 35.5. The molecule has 5 atom stereocenters. The molecule has 4 amide bonds. The fraction of sp³-hybridized carbons (Fsp3) is 0.615. The van der Waals surface area contributed by atoms with Crippen molar-refractivity contribution in [2.24, 2.45) is 5.92 Å². The Morgan fingerprint density at radius 2 is 1.82 bits per heavy atom. The molecule has 3 fully saturated rings. The van der Waals surface area contributed by atoms with Crippen LogP contribution in [0.5, 0.6) is 5.75 Å². The molecule has 2 aliphatic carbocycles. The number of alkyl carbamates (subject to hydrolysis) is 1. The van der Waals surface area contributed by atoms with Gasteiger partial charge in [-0.15, -0.1) is 0 Å². The molecule has 1 aromatic carbocycles. The zero-order valence-electron chi connectivity index (χ0n) is 32.2. The van der Waals surface area contributed by atoms with Gasteiger partial charge in [-0.2, -0.15) is 13.2 Å². The largest absolute Gasteiger partial charge is 0.483 e. The average molecular weight is 838 g/mol. The number of aromatic nitrogens is 1. The molecule has 7 rings (SSSR count). The molecular weight excluding hydrogens is 791 g/mol. The van der Waals surface area contributed by atoms with Gasteiger partial charge in [0.2, 0.25) is 21.8 Å². The Labute approximate surface area is 333 Å². The zero-order valence-corrected chi connectivity index (χ0v) is 33.8. The summed E-state index contributed by atoms with van der Waals surface area (Å²) >= 11 is 6.25. The summed E-state index contributed by atoms with van der Waals surface area (Å²) < 4.78 is 83.2. The van der Waals surface area contributed by atoms with E-state index in [1.54, 1.807) is 26.8 Å². The van der Waals surface area contributed by atoms with Crippen molar-refractivity contribution in [2.75, 3.05) is 6.54 Å². The maximum atomic E-state index is 14.7. The molecule has 13 nitrogen and oxygen atoms in total. The molecule has 0 bridgehead atoms. The molecule has 3 N–H and O–H groups in total. The van der Waals surface area contributed by atoms with Gasteiger partial charge in [0.1, 0.15) is 28.8 Å². The van der Waals surface area contributed by atoms with Crippen molar-refractivity contribution in [1.82, 2.24) is 25.2 Å². The molecule has 1 aromatic heterocycles. The number of benzene rings is 1. The summed E-state index contributed by atoms with van der Waals surface area (Å²) in [5.41, 5.74) is -5.05. The fourth-order valence-corrected chi connectivity index (χ4v) is 9.63. The highest BCUT2D eigenvalue weighted by Gasteiger charge is 2.64. The molecule has 57 heavy (non-hydrogen) atoms. The van der Waals surface area contributed by atoms with E-state index in [0.717, 1.165) is 0 Å². The Morgan fingerprint density at radius 3 is 2.51 bits per heavy atom. The second kappa shape index (κ2) is 14.3. The molecule has 1 spiro atoms. The summed E-state index contributed by atoms with van der Waals surface area (Å²) in [7, 11) is -4.09. The predicted molar refractivity (Wildman–Crippen MR) is 203 cm³/mol. The third-order valence-electron chi connectivity index (χ3n) is 11.7. The number of pyridine rings is 1.